The monoisotopic (exact) mass is 275 g/mol. The summed E-state index contributed by atoms with van der Waals surface area (Å²) >= 11 is 0. The van der Waals surface area contributed by atoms with Crippen molar-refractivity contribution in [1.29, 1.82) is 0 Å². The van der Waals surface area contributed by atoms with Gasteiger partial charge in [-0.1, -0.05) is 6.07 Å². The van der Waals surface area contributed by atoms with Crippen LogP contribution in [0, 0.1) is 0 Å². The average molecular weight is 275 g/mol. The van der Waals surface area contributed by atoms with Gasteiger partial charge in [-0.2, -0.15) is 0 Å². The maximum Gasteiger partial charge on any atom is 0.271 e. The Morgan fingerprint density at radius 1 is 1.30 bits per heavy atom. The third-order valence-corrected chi connectivity index (χ3v) is 4.07. The summed E-state index contributed by atoms with van der Waals surface area (Å²) in [4.78, 5) is 20.6. The normalized spacial score (nSPS) is 17.4. The van der Waals surface area contributed by atoms with Crippen LogP contribution in [0.1, 0.15) is 48.8 Å². The highest BCUT2D eigenvalue weighted by Crippen LogP contribution is 2.27. The number of pyridine rings is 1. The number of rotatable bonds is 3. The Balaban J connectivity index is 2.07. The predicted octanol–water partition coefficient (Wildman–Crippen LogP) is 2.37. The Bertz CT molecular complexity index is 463. The Kier molecular flexibility index (Phi) is 4.76. The molecule has 2 rings (SSSR count). The fourth-order valence-corrected chi connectivity index (χ4v) is 2.74. The van der Waals surface area contributed by atoms with Crippen molar-refractivity contribution in [3.63, 3.8) is 0 Å². The van der Waals surface area contributed by atoms with Gasteiger partial charge in [-0.15, -0.1) is 0 Å². The van der Waals surface area contributed by atoms with E-state index in [-0.39, 0.29) is 5.91 Å². The average Bonchev–Trinajstić information content (AvgIpc) is 2.46. The fourth-order valence-electron chi connectivity index (χ4n) is 2.74. The molecule has 0 saturated carbocycles. The van der Waals surface area contributed by atoms with Crippen molar-refractivity contribution in [1.82, 2.24) is 14.8 Å². The van der Waals surface area contributed by atoms with E-state index >= 15 is 0 Å². The van der Waals surface area contributed by atoms with Crippen molar-refractivity contribution in [2.24, 2.45) is 0 Å². The van der Waals surface area contributed by atoms with Gasteiger partial charge in [0, 0.05) is 31.7 Å². The van der Waals surface area contributed by atoms with Crippen LogP contribution in [0.3, 0.4) is 0 Å². The lowest BCUT2D eigenvalue weighted by atomic mass is 9.92. The molecule has 1 amide bonds. The molecule has 0 radical (unpaired) electrons. The van der Waals surface area contributed by atoms with Crippen LogP contribution < -0.4 is 0 Å². The van der Waals surface area contributed by atoms with Gasteiger partial charge in [0.2, 0.25) is 0 Å². The van der Waals surface area contributed by atoms with Crippen LogP contribution in [0.4, 0.5) is 0 Å². The van der Waals surface area contributed by atoms with Gasteiger partial charge in [0.25, 0.3) is 5.91 Å². The minimum absolute atomic E-state index is 0.0218. The fraction of sp³-hybridized carbons (Fsp3) is 0.625. The van der Waals surface area contributed by atoms with Crippen LogP contribution >= 0.6 is 0 Å². The van der Waals surface area contributed by atoms with Crippen LogP contribution in [0.25, 0.3) is 0 Å². The second-order valence-corrected chi connectivity index (χ2v) is 6.05. The quantitative estimate of drug-likeness (QED) is 0.850. The second-order valence-electron chi connectivity index (χ2n) is 6.05. The lowest BCUT2D eigenvalue weighted by Gasteiger charge is -2.34. The summed E-state index contributed by atoms with van der Waals surface area (Å²) in [5.41, 5.74) is 1.62. The van der Waals surface area contributed by atoms with E-state index in [0.717, 1.165) is 31.6 Å². The molecule has 1 fully saturated rings. The van der Waals surface area contributed by atoms with Gasteiger partial charge in [0.05, 0.1) is 0 Å². The summed E-state index contributed by atoms with van der Waals surface area (Å²) in [6.45, 7) is 6.73. The highest BCUT2D eigenvalue weighted by Gasteiger charge is 2.23. The van der Waals surface area contributed by atoms with Crippen molar-refractivity contribution in [3.8, 4) is 0 Å². The van der Waals surface area contributed by atoms with E-state index in [1.165, 1.54) is 0 Å². The summed E-state index contributed by atoms with van der Waals surface area (Å²) in [5.74, 6) is 0.464. The Morgan fingerprint density at radius 3 is 2.50 bits per heavy atom. The van der Waals surface area contributed by atoms with Crippen molar-refractivity contribution >= 4 is 5.91 Å². The molecule has 1 saturated heterocycles. The Labute approximate surface area is 121 Å². The number of carbonyl (C=O) groups excluding carboxylic acids is 1. The molecule has 0 aromatic carbocycles. The van der Waals surface area contributed by atoms with Gasteiger partial charge in [-0.3, -0.25) is 4.79 Å². The van der Waals surface area contributed by atoms with Crippen LogP contribution in [0.5, 0.6) is 0 Å². The zero-order valence-corrected chi connectivity index (χ0v) is 13.0. The predicted molar refractivity (Wildman–Crippen MR) is 80.9 cm³/mol. The van der Waals surface area contributed by atoms with E-state index in [2.05, 4.69) is 29.8 Å². The Hall–Kier alpha value is -1.42. The van der Waals surface area contributed by atoms with E-state index in [9.17, 15) is 4.79 Å². The van der Waals surface area contributed by atoms with Gasteiger partial charge in [0.15, 0.2) is 0 Å². The van der Waals surface area contributed by atoms with Crippen molar-refractivity contribution in [2.45, 2.75) is 38.6 Å². The minimum atomic E-state index is -0.0218. The SMILES string of the molecule is CC(C)N1CCC(c2cccc(C(=O)N(C)C)n2)CC1. The van der Waals surface area contributed by atoms with E-state index in [1.54, 1.807) is 25.1 Å². The van der Waals surface area contributed by atoms with E-state index in [1.807, 2.05) is 6.07 Å². The molecule has 0 aliphatic carbocycles. The zero-order chi connectivity index (χ0) is 14.7. The highest BCUT2D eigenvalue weighted by molar-refractivity contribution is 5.91. The maximum absolute atomic E-state index is 12.0. The molecule has 1 aliphatic heterocycles. The molecule has 0 bridgehead atoms. The lowest BCUT2D eigenvalue weighted by molar-refractivity contribution is 0.0821. The lowest BCUT2D eigenvalue weighted by Crippen LogP contribution is -2.38. The van der Waals surface area contributed by atoms with Crippen molar-refractivity contribution in [3.05, 3.63) is 29.6 Å². The van der Waals surface area contributed by atoms with Gasteiger partial charge in [-0.05, 0) is 51.9 Å². The standard InChI is InChI=1S/C16H25N3O/c1-12(2)19-10-8-13(9-11-19)14-6-5-7-15(17-14)16(20)18(3)4/h5-7,12-13H,8-11H2,1-4H3. The number of nitrogens with zero attached hydrogens (tertiary/aromatic N) is 3. The summed E-state index contributed by atoms with van der Waals surface area (Å²) in [6, 6.07) is 6.43. The molecule has 4 heteroatoms. The molecule has 1 aliphatic rings. The minimum Gasteiger partial charge on any atom is -0.343 e. The second kappa shape index (κ2) is 6.35. The van der Waals surface area contributed by atoms with E-state index in [0.29, 0.717) is 17.7 Å². The topological polar surface area (TPSA) is 36.4 Å². The number of piperidine rings is 1. The van der Waals surface area contributed by atoms with Gasteiger partial charge in [0.1, 0.15) is 5.69 Å². The largest absolute Gasteiger partial charge is 0.343 e. The van der Waals surface area contributed by atoms with Crippen molar-refractivity contribution in [2.75, 3.05) is 27.2 Å². The molecule has 1 aromatic heterocycles. The van der Waals surface area contributed by atoms with Crippen molar-refractivity contribution < 1.29 is 4.79 Å². The van der Waals surface area contributed by atoms with E-state index < -0.39 is 0 Å². The van der Waals surface area contributed by atoms with Crippen LogP contribution in [0.15, 0.2) is 18.2 Å². The van der Waals surface area contributed by atoms with Crippen LogP contribution in [-0.2, 0) is 0 Å². The van der Waals surface area contributed by atoms with Crippen LogP contribution in [-0.4, -0.2) is 53.9 Å². The third-order valence-electron chi connectivity index (χ3n) is 4.07. The van der Waals surface area contributed by atoms with Crippen LogP contribution in [0.2, 0.25) is 0 Å². The summed E-state index contributed by atoms with van der Waals surface area (Å²) < 4.78 is 0. The molecule has 110 valence electrons. The number of likely N-dealkylation sites (tertiary alicyclic amines) is 1. The maximum atomic E-state index is 12.0. The van der Waals surface area contributed by atoms with Gasteiger partial charge < -0.3 is 9.80 Å². The highest BCUT2D eigenvalue weighted by atomic mass is 16.2. The first-order valence-corrected chi connectivity index (χ1v) is 7.41. The third kappa shape index (κ3) is 3.37. The molecular formula is C16H25N3O. The molecular weight excluding hydrogens is 250 g/mol. The van der Waals surface area contributed by atoms with Gasteiger partial charge >= 0.3 is 0 Å². The number of hydrogen-bond acceptors (Lipinski definition) is 3. The molecule has 2 heterocycles. The van der Waals surface area contributed by atoms with E-state index in [4.69, 9.17) is 0 Å². The summed E-state index contributed by atoms with van der Waals surface area (Å²) in [7, 11) is 3.52. The number of amides is 1. The summed E-state index contributed by atoms with van der Waals surface area (Å²) in [5, 5.41) is 0. The summed E-state index contributed by atoms with van der Waals surface area (Å²) in [6.07, 6.45) is 2.26. The smallest absolute Gasteiger partial charge is 0.271 e. The zero-order valence-electron chi connectivity index (χ0n) is 13.0. The first-order valence-electron chi connectivity index (χ1n) is 7.41. The molecule has 0 spiro atoms. The number of carbonyl (C=O) groups is 1. The van der Waals surface area contributed by atoms with Gasteiger partial charge in [-0.25, -0.2) is 4.98 Å². The number of aromatic nitrogens is 1. The molecule has 4 nitrogen and oxygen atoms in total. The molecule has 1 aromatic rings. The molecule has 20 heavy (non-hydrogen) atoms. The molecule has 0 N–H and O–H groups in total. The Morgan fingerprint density at radius 2 is 1.95 bits per heavy atom. The molecule has 0 unspecified atom stereocenters. The number of hydrogen-bond donors (Lipinski definition) is 0. The molecule has 0 atom stereocenters. The first kappa shape index (κ1) is 15.0. The first-order chi connectivity index (χ1) is 9.49.